The van der Waals surface area contributed by atoms with Gasteiger partial charge in [-0.2, -0.15) is 0 Å². The molecule has 0 saturated carbocycles. The van der Waals surface area contributed by atoms with E-state index in [1.807, 2.05) is 18.2 Å². The molecule has 22 heavy (non-hydrogen) atoms. The maximum Gasteiger partial charge on any atom is 0.142 e. The van der Waals surface area contributed by atoms with Gasteiger partial charge in [0, 0.05) is 16.5 Å². The van der Waals surface area contributed by atoms with Crippen LogP contribution in [0.4, 0.5) is 11.5 Å². The van der Waals surface area contributed by atoms with Crippen molar-refractivity contribution < 1.29 is 9.47 Å². The molecule has 3 aromatic rings. The summed E-state index contributed by atoms with van der Waals surface area (Å²) in [5.41, 5.74) is 1.53. The molecule has 1 N–H and O–H groups in total. The fraction of sp³-hybridized carbons (Fsp3) is 0.125. The molecule has 0 fully saturated rings. The average molecular weight is 316 g/mol. The Balaban J connectivity index is 2.06. The van der Waals surface area contributed by atoms with E-state index < -0.39 is 0 Å². The van der Waals surface area contributed by atoms with Crippen LogP contribution in [0, 0.1) is 0 Å². The molecule has 0 amide bonds. The second-order valence-corrected chi connectivity index (χ2v) is 5.01. The van der Waals surface area contributed by atoms with Crippen molar-refractivity contribution in [2.75, 3.05) is 19.5 Å². The molecule has 0 spiro atoms. The normalized spacial score (nSPS) is 10.5. The van der Waals surface area contributed by atoms with Gasteiger partial charge in [0.25, 0.3) is 0 Å². The van der Waals surface area contributed by atoms with Gasteiger partial charge in [0.05, 0.1) is 25.4 Å². The summed E-state index contributed by atoms with van der Waals surface area (Å²) in [7, 11) is 3.23. The highest BCUT2D eigenvalue weighted by atomic mass is 35.5. The topological polar surface area (TPSA) is 56.3 Å². The summed E-state index contributed by atoms with van der Waals surface area (Å²) in [5.74, 6) is 2.11. The summed E-state index contributed by atoms with van der Waals surface area (Å²) in [6.07, 6.45) is 1.50. The van der Waals surface area contributed by atoms with E-state index in [2.05, 4.69) is 15.3 Å². The Morgan fingerprint density at radius 2 is 1.86 bits per heavy atom. The number of nitrogens with zero attached hydrogens (tertiary/aromatic N) is 2. The Bertz CT molecular complexity index is 824. The second-order valence-electron chi connectivity index (χ2n) is 4.57. The van der Waals surface area contributed by atoms with Crippen LogP contribution >= 0.6 is 11.6 Å². The molecule has 2 aromatic carbocycles. The zero-order valence-electron chi connectivity index (χ0n) is 12.1. The van der Waals surface area contributed by atoms with Gasteiger partial charge in [0.1, 0.15) is 23.6 Å². The molecular formula is C16H14ClN3O2. The summed E-state index contributed by atoms with van der Waals surface area (Å²) in [4.78, 5) is 8.56. The fourth-order valence-corrected chi connectivity index (χ4v) is 2.34. The highest BCUT2D eigenvalue weighted by molar-refractivity contribution is 6.31. The minimum atomic E-state index is 0.614. The highest BCUT2D eigenvalue weighted by Crippen LogP contribution is 2.32. The van der Waals surface area contributed by atoms with Crippen molar-refractivity contribution in [1.82, 2.24) is 9.97 Å². The Morgan fingerprint density at radius 1 is 1.00 bits per heavy atom. The monoisotopic (exact) mass is 315 g/mol. The Kier molecular flexibility index (Phi) is 3.98. The van der Waals surface area contributed by atoms with Gasteiger partial charge in [0.15, 0.2) is 0 Å². The third-order valence-electron chi connectivity index (χ3n) is 3.26. The van der Waals surface area contributed by atoms with Crippen LogP contribution < -0.4 is 14.8 Å². The van der Waals surface area contributed by atoms with Gasteiger partial charge in [0.2, 0.25) is 0 Å². The fourth-order valence-electron chi connectivity index (χ4n) is 2.17. The summed E-state index contributed by atoms with van der Waals surface area (Å²) >= 11 is 6.05. The number of rotatable bonds is 4. The predicted octanol–water partition coefficient (Wildman–Crippen LogP) is 4.04. The van der Waals surface area contributed by atoms with Crippen molar-refractivity contribution in [3.8, 4) is 11.5 Å². The minimum absolute atomic E-state index is 0.614. The number of hydrogen-bond donors (Lipinski definition) is 1. The van der Waals surface area contributed by atoms with E-state index in [1.54, 1.807) is 32.4 Å². The molecule has 1 heterocycles. The average Bonchev–Trinajstić information content (AvgIpc) is 2.55. The molecule has 3 rings (SSSR count). The highest BCUT2D eigenvalue weighted by Gasteiger charge is 2.09. The van der Waals surface area contributed by atoms with Crippen molar-refractivity contribution in [2.45, 2.75) is 0 Å². The van der Waals surface area contributed by atoms with Crippen LogP contribution in [0.2, 0.25) is 5.02 Å². The quantitative estimate of drug-likeness (QED) is 0.787. The van der Waals surface area contributed by atoms with Crippen LogP contribution in [0.3, 0.4) is 0 Å². The third kappa shape index (κ3) is 2.76. The van der Waals surface area contributed by atoms with E-state index in [1.165, 1.54) is 6.33 Å². The maximum absolute atomic E-state index is 6.05. The molecule has 0 saturated heterocycles. The molecule has 0 unspecified atom stereocenters. The lowest BCUT2D eigenvalue weighted by atomic mass is 10.2. The number of fused-ring (bicyclic) bond motifs is 1. The first-order valence-electron chi connectivity index (χ1n) is 6.60. The smallest absolute Gasteiger partial charge is 0.142 e. The predicted molar refractivity (Wildman–Crippen MR) is 87.4 cm³/mol. The van der Waals surface area contributed by atoms with E-state index in [0.717, 1.165) is 22.3 Å². The lowest BCUT2D eigenvalue weighted by Gasteiger charge is -2.12. The molecular weight excluding hydrogens is 302 g/mol. The van der Waals surface area contributed by atoms with Crippen molar-refractivity contribution in [3.63, 3.8) is 0 Å². The standard InChI is InChI=1S/C16H14ClN3O2/c1-21-11-4-5-12-13(8-11)18-9-19-16(12)20-14-7-10(17)3-6-15(14)22-2/h3-9H,1-2H3,(H,18,19,20). The number of anilines is 2. The van der Waals surface area contributed by atoms with Crippen molar-refractivity contribution in [3.05, 3.63) is 47.7 Å². The lowest BCUT2D eigenvalue weighted by Crippen LogP contribution is -1.98. The first-order valence-corrected chi connectivity index (χ1v) is 6.98. The van der Waals surface area contributed by atoms with Gasteiger partial charge in [-0.25, -0.2) is 9.97 Å². The maximum atomic E-state index is 6.05. The Morgan fingerprint density at radius 3 is 2.64 bits per heavy atom. The van der Waals surface area contributed by atoms with E-state index >= 15 is 0 Å². The minimum Gasteiger partial charge on any atom is -0.497 e. The Labute approximate surface area is 132 Å². The second kappa shape index (κ2) is 6.07. The zero-order chi connectivity index (χ0) is 15.5. The lowest BCUT2D eigenvalue weighted by molar-refractivity contribution is 0.415. The molecule has 0 aliphatic carbocycles. The molecule has 0 aliphatic heterocycles. The third-order valence-corrected chi connectivity index (χ3v) is 3.49. The van der Waals surface area contributed by atoms with Crippen LogP contribution in [0.15, 0.2) is 42.7 Å². The van der Waals surface area contributed by atoms with Gasteiger partial charge in [-0.1, -0.05) is 11.6 Å². The summed E-state index contributed by atoms with van der Waals surface area (Å²) in [6.45, 7) is 0. The van der Waals surface area contributed by atoms with Crippen molar-refractivity contribution >= 4 is 34.0 Å². The summed E-state index contributed by atoms with van der Waals surface area (Å²) in [6, 6.07) is 11.0. The zero-order valence-corrected chi connectivity index (χ0v) is 12.9. The van der Waals surface area contributed by atoms with Gasteiger partial charge in [-0.3, -0.25) is 0 Å². The number of benzene rings is 2. The molecule has 5 nitrogen and oxygen atoms in total. The van der Waals surface area contributed by atoms with E-state index in [9.17, 15) is 0 Å². The molecule has 0 aliphatic rings. The molecule has 0 bridgehead atoms. The van der Waals surface area contributed by atoms with Gasteiger partial charge >= 0.3 is 0 Å². The summed E-state index contributed by atoms with van der Waals surface area (Å²) in [5, 5.41) is 4.74. The summed E-state index contributed by atoms with van der Waals surface area (Å²) < 4.78 is 10.6. The van der Waals surface area contributed by atoms with Gasteiger partial charge < -0.3 is 14.8 Å². The number of ether oxygens (including phenoxy) is 2. The molecule has 0 radical (unpaired) electrons. The van der Waals surface area contributed by atoms with Crippen LogP contribution in [0.25, 0.3) is 10.9 Å². The van der Waals surface area contributed by atoms with Crippen LogP contribution in [-0.4, -0.2) is 24.2 Å². The van der Waals surface area contributed by atoms with E-state index in [0.29, 0.717) is 16.6 Å². The van der Waals surface area contributed by atoms with Gasteiger partial charge in [-0.15, -0.1) is 0 Å². The van der Waals surface area contributed by atoms with E-state index in [-0.39, 0.29) is 0 Å². The van der Waals surface area contributed by atoms with Crippen LogP contribution in [-0.2, 0) is 0 Å². The number of aromatic nitrogens is 2. The van der Waals surface area contributed by atoms with Crippen molar-refractivity contribution in [1.29, 1.82) is 0 Å². The van der Waals surface area contributed by atoms with Gasteiger partial charge in [-0.05, 0) is 30.3 Å². The first kappa shape index (κ1) is 14.4. The number of methoxy groups -OCH3 is 2. The number of halogens is 1. The molecule has 112 valence electrons. The van der Waals surface area contributed by atoms with Crippen molar-refractivity contribution in [2.24, 2.45) is 0 Å². The number of hydrogen-bond acceptors (Lipinski definition) is 5. The SMILES string of the molecule is COc1ccc2c(Nc3cc(Cl)ccc3OC)ncnc2c1. The Hall–Kier alpha value is -2.53. The molecule has 6 heteroatoms. The molecule has 0 atom stereocenters. The largest absolute Gasteiger partial charge is 0.497 e. The first-order chi connectivity index (χ1) is 10.7. The molecule has 1 aromatic heterocycles. The van der Waals surface area contributed by atoms with Crippen LogP contribution in [0.5, 0.6) is 11.5 Å². The van der Waals surface area contributed by atoms with Crippen LogP contribution in [0.1, 0.15) is 0 Å². The van der Waals surface area contributed by atoms with E-state index in [4.69, 9.17) is 21.1 Å². The number of nitrogens with one attached hydrogen (secondary N) is 1.